The molecule has 0 aliphatic heterocycles. The number of fused-ring (bicyclic) bond motifs is 1. The zero-order chi connectivity index (χ0) is 24.8. The summed E-state index contributed by atoms with van der Waals surface area (Å²) in [6.45, 7) is 3.75. The number of H-pyrrole nitrogens is 1. The van der Waals surface area contributed by atoms with Crippen molar-refractivity contribution in [2.75, 3.05) is 11.9 Å². The predicted octanol–water partition coefficient (Wildman–Crippen LogP) is 3.76. The van der Waals surface area contributed by atoms with Gasteiger partial charge in [-0.1, -0.05) is 6.92 Å². The number of hydrogen-bond acceptors (Lipinski definition) is 9. The largest absolute Gasteiger partial charge is 0.466 e. The molecule has 3 aromatic heterocycles. The van der Waals surface area contributed by atoms with E-state index in [0.717, 1.165) is 5.56 Å². The van der Waals surface area contributed by atoms with Crippen molar-refractivity contribution in [3.63, 3.8) is 0 Å². The highest BCUT2D eigenvalue weighted by Crippen LogP contribution is 2.22. The van der Waals surface area contributed by atoms with E-state index in [1.807, 2.05) is 12.1 Å². The van der Waals surface area contributed by atoms with Gasteiger partial charge >= 0.3 is 11.9 Å². The molecule has 1 amide bonds. The molecule has 0 radical (unpaired) electrons. The van der Waals surface area contributed by atoms with Crippen molar-refractivity contribution in [3.05, 3.63) is 59.4 Å². The Hall–Kier alpha value is -4.12. The number of carbonyl (C=O) groups is 3. The van der Waals surface area contributed by atoms with Gasteiger partial charge in [-0.25, -0.2) is 14.8 Å². The van der Waals surface area contributed by atoms with Crippen molar-refractivity contribution < 1.29 is 23.9 Å². The van der Waals surface area contributed by atoms with E-state index in [4.69, 9.17) is 9.47 Å². The van der Waals surface area contributed by atoms with Gasteiger partial charge in [-0.15, -0.1) is 11.3 Å². The Labute approximate surface area is 204 Å². The van der Waals surface area contributed by atoms with Gasteiger partial charge in [0.1, 0.15) is 5.82 Å². The van der Waals surface area contributed by atoms with Crippen molar-refractivity contribution in [2.45, 2.75) is 32.8 Å². The molecule has 35 heavy (non-hydrogen) atoms. The van der Waals surface area contributed by atoms with Crippen molar-refractivity contribution in [2.24, 2.45) is 0 Å². The minimum Gasteiger partial charge on any atom is -0.466 e. The fraction of sp³-hybridized carbons (Fsp3) is 0.250. The summed E-state index contributed by atoms with van der Waals surface area (Å²) in [5.74, 6) is -0.888. The molecule has 0 saturated carbocycles. The average molecular weight is 494 g/mol. The van der Waals surface area contributed by atoms with Gasteiger partial charge in [0.2, 0.25) is 0 Å². The SMILES string of the molecule is CCOC(=O)Cc1csc(NC(=O)C(CC)OC(=O)c2ccc3nc(-c4cccnc4)[nH]c3c2)n1. The molecule has 0 saturated heterocycles. The number of nitrogens with one attached hydrogen (secondary N) is 2. The molecular weight excluding hydrogens is 470 g/mol. The van der Waals surface area contributed by atoms with Crippen LogP contribution < -0.4 is 5.32 Å². The maximum atomic E-state index is 12.8. The summed E-state index contributed by atoms with van der Waals surface area (Å²) in [5, 5.41) is 4.62. The van der Waals surface area contributed by atoms with Gasteiger partial charge in [0.15, 0.2) is 11.2 Å². The van der Waals surface area contributed by atoms with Gasteiger partial charge in [-0.2, -0.15) is 0 Å². The summed E-state index contributed by atoms with van der Waals surface area (Å²) in [4.78, 5) is 53.1. The zero-order valence-corrected chi connectivity index (χ0v) is 19.9. The topological polar surface area (TPSA) is 136 Å². The number of imidazole rings is 1. The number of pyridine rings is 1. The van der Waals surface area contributed by atoms with Gasteiger partial charge in [0.25, 0.3) is 5.91 Å². The minimum atomic E-state index is -1.01. The fourth-order valence-electron chi connectivity index (χ4n) is 3.29. The number of aromatic nitrogens is 4. The number of amides is 1. The lowest BCUT2D eigenvalue weighted by Gasteiger charge is -2.15. The smallest absolute Gasteiger partial charge is 0.338 e. The number of aromatic amines is 1. The quantitative estimate of drug-likeness (QED) is 0.336. The molecule has 4 rings (SSSR count). The second kappa shape index (κ2) is 10.9. The molecule has 0 bridgehead atoms. The summed E-state index contributed by atoms with van der Waals surface area (Å²) >= 11 is 1.18. The van der Waals surface area contributed by atoms with Crippen molar-refractivity contribution in [1.82, 2.24) is 19.9 Å². The molecule has 11 heteroatoms. The van der Waals surface area contributed by atoms with Crippen LogP contribution in [0.15, 0.2) is 48.1 Å². The monoisotopic (exact) mass is 493 g/mol. The van der Waals surface area contributed by atoms with Crippen LogP contribution in [-0.4, -0.2) is 50.5 Å². The maximum Gasteiger partial charge on any atom is 0.338 e. The van der Waals surface area contributed by atoms with Crippen LogP contribution in [0.2, 0.25) is 0 Å². The number of hydrogen-bond donors (Lipinski definition) is 2. The summed E-state index contributed by atoms with van der Waals surface area (Å²) < 4.78 is 10.4. The molecule has 0 spiro atoms. The van der Waals surface area contributed by atoms with Crippen LogP contribution in [0.3, 0.4) is 0 Å². The van der Waals surface area contributed by atoms with Crippen LogP contribution in [0.5, 0.6) is 0 Å². The Morgan fingerprint density at radius 3 is 2.77 bits per heavy atom. The molecule has 4 aromatic rings. The zero-order valence-electron chi connectivity index (χ0n) is 19.1. The van der Waals surface area contributed by atoms with Crippen LogP contribution >= 0.6 is 11.3 Å². The minimum absolute atomic E-state index is 0.0188. The van der Waals surface area contributed by atoms with Gasteiger partial charge < -0.3 is 14.5 Å². The molecular formula is C24H23N5O5S. The standard InChI is InChI=1S/C24H23N5O5S/c1-3-19(22(31)29-24-26-16(13-35-24)11-20(30)33-4-2)34-23(32)14-7-8-17-18(10-14)28-21(27-17)15-6-5-9-25-12-15/h5-10,12-13,19H,3-4,11H2,1-2H3,(H,27,28)(H,26,29,31). The van der Waals surface area contributed by atoms with E-state index in [1.165, 1.54) is 11.3 Å². The second-order valence-electron chi connectivity index (χ2n) is 7.48. The van der Waals surface area contributed by atoms with Gasteiger partial charge in [-0.05, 0) is 43.7 Å². The highest BCUT2D eigenvalue weighted by atomic mass is 32.1. The number of benzene rings is 1. The van der Waals surface area contributed by atoms with E-state index < -0.39 is 23.9 Å². The van der Waals surface area contributed by atoms with Crippen molar-refractivity contribution in [1.29, 1.82) is 0 Å². The van der Waals surface area contributed by atoms with Crippen LogP contribution in [-0.2, 0) is 25.5 Å². The molecule has 2 N–H and O–H groups in total. The van der Waals surface area contributed by atoms with Crippen molar-refractivity contribution in [3.8, 4) is 11.4 Å². The van der Waals surface area contributed by atoms with E-state index in [0.29, 0.717) is 27.7 Å². The Balaban J connectivity index is 1.41. The molecule has 1 aromatic carbocycles. The average Bonchev–Trinajstić information content (AvgIpc) is 3.49. The predicted molar refractivity (Wildman–Crippen MR) is 130 cm³/mol. The number of esters is 2. The molecule has 1 unspecified atom stereocenters. The van der Waals surface area contributed by atoms with Gasteiger partial charge in [0.05, 0.1) is 35.3 Å². The number of thiazole rings is 1. The lowest BCUT2D eigenvalue weighted by molar-refractivity contribution is -0.142. The molecule has 10 nitrogen and oxygen atoms in total. The number of anilines is 1. The molecule has 0 aliphatic carbocycles. The van der Waals surface area contributed by atoms with E-state index in [9.17, 15) is 14.4 Å². The van der Waals surface area contributed by atoms with Gasteiger partial charge in [-0.3, -0.25) is 19.9 Å². The number of nitrogens with zero attached hydrogens (tertiary/aromatic N) is 3. The first-order valence-electron chi connectivity index (χ1n) is 11.0. The van der Waals surface area contributed by atoms with E-state index in [-0.39, 0.29) is 25.0 Å². The number of carbonyl (C=O) groups excluding carboxylic acids is 3. The lowest BCUT2D eigenvalue weighted by atomic mass is 10.2. The Kier molecular flexibility index (Phi) is 7.46. The number of rotatable bonds is 9. The summed E-state index contributed by atoms with van der Waals surface area (Å²) in [6.07, 6.45) is 2.65. The molecule has 0 fully saturated rings. The summed E-state index contributed by atoms with van der Waals surface area (Å²) in [7, 11) is 0. The van der Waals surface area contributed by atoms with Crippen LogP contribution in [0.1, 0.15) is 36.3 Å². The first-order valence-corrected chi connectivity index (χ1v) is 11.9. The van der Waals surface area contributed by atoms with Gasteiger partial charge in [0, 0.05) is 23.3 Å². The third-order valence-electron chi connectivity index (χ3n) is 4.98. The van der Waals surface area contributed by atoms with Crippen LogP contribution in [0, 0.1) is 0 Å². The first kappa shape index (κ1) is 24.0. The third kappa shape index (κ3) is 5.87. The fourth-order valence-corrected chi connectivity index (χ4v) is 4.00. The second-order valence-corrected chi connectivity index (χ2v) is 8.33. The molecule has 0 aliphatic rings. The third-order valence-corrected chi connectivity index (χ3v) is 5.78. The maximum absolute atomic E-state index is 12.8. The highest BCUT2D eigenvalue weighted by Gasteiger charge is 2.23. The van der Waals surface area contributed by atoms with E-state index in [1.54, 1.807) is 49.8 Å². The number of ether oxygens (including phenoxy) is 2. The molecule has 1 atom stereocenters. The summed E-state index contributed by atoms with van der Waals surface area (Å²) in [5.41, 5.74) is 2.95. The van der Waals surface area contributed by atoms with E-state index in [2.05, 4.69) is 25.3 Å². The normalized spacial score (nSPS) is 11.7. The summed E-state index contributed by atoms with van der Waals surface area (Å²) in [6, 6.07) is 8.65. The van der Waals surface area contributed by atoms with Crippen molar-refractivity contribution >= 4 is 45.3 Å². The Morgan fingerprint density at radius 1 is 1.17 bits per heavy atom. The Morgan fingerprint density at radius 2 is 2.03 bits per heavy atom. The first-order chi connectivity index (χ1) is 17.0. The van der Waals surface area contributed by atoms with Crippen LogP contribution in [0.25, 0.3) is 22.4 Å². The Bertz CT molecular complexity index is 1350. The molecule has 180 valence electrons. The molecule has 3 heterocycles. The van der Waals surface area contributed by atoms with Crippen LogP contribution in [0.4, 0.5) is 5.13 Å². The van der Waals surface area contributed by atoms with E-state index >= 15 is 0 Å². The highest BCUT2D eigenvalue weighted by molar-refractivity contribution is 7.13. The lowest BCUT2D eigenvalue weighted by Crippen LogP contribution is -2.32.